The Morgan fingerprint density at radius 3 is 1.34 bits per heavy atom. The molecular formula is C60H37N3O. The Labute approximate surface area is 419 Å². The maximum absolute atomic E-state index is 10.3. The zero-order valence-electron chi connectivity index (χ0n) is 68.7. The molecule has 4 aromatic heterocycles. The third kappa shape index (κ3) is 5.05. The van der Waals surface area contributed by atoms with E-state index in [4.69, 9.17) is 31.8 Å². The standard InChI is InChI=1S/C60H37N3O/c1-2-14-38(15-3-1)39-16-12-17-40(34-39)41-28-31-48-59(35-41)64-58-27-13-26-57(60(48)58)63-54-25-11-7-21-47(54)50-37-43(30-33-56(50)63)62-53-24-10-6-20-46(53)49-36-42(29-32-55(49)62)61-51-22-8-4-18-44(51)45-19-5-9-23-52(45)61/h1-37H/i1D,2D,3D,4D,5D,6D,7D,8D,9D,10D,11D,12D,13D,14D,15D,16D,17D,18D,19D,20D,21D,22D,23D,24D,25D,26D,27D,28D,29D,30D,31D,32D,33D,34D,35D,36D,37D. The fourth-order valence-corrected chi connectivity index (χ4v) is 8.02. The first-order chi connectivity index (χ1) is 47.2. The van der Waals surface area contributed by atoms with Crippen molar-refractivity contribution in [3.63, 3.8) is 0 Å². The minimum absolute atomic E-state index is 0.513. The Morgan fingerprint density at radius 2 is 0.734 bits per heavy atom. The van der Waals surface area contributed by atoms with Crippen LogP contribution in [0.25, 0.3) is 127 Å². The molecule has 14 rings (SSSR count). The quantitative estimate of drug-likeness (QED) is 0.169. The molecule has 4 nitrogen and oxygen atoms in total. The highest BCUT2D eigenvalue weighted by Gasteiger charge is 2.21. The zero-order valence-corrected chi connectivity index (χ0v) is 31.7. The molecule has 0 radical (unpaired) electrons. The summed E-state index contributed by atoms with van der Waals surface area (Å²) in [5.74, 6) is 0. The average molecular weight is 853 g/mol. The SMILES string of the molecule is [2H]c1c([2H])c([2H])c(-c2c([2H])c([2H])c([2H])c(-c3c([2H])c([2H])c4c(oc5c([2H])c([2H])c([2H])c(-n6c7c([2H])c([2H])c([2H])c([2H])c7c7c([2H])c(-n8c9c([2H])c([2H])c([2H])c([2H])c9c9c([2H])c(-n%10c%11c([2H])c([2H])c([2H])c([2H])c%11c%11c([2H])c([2H])c([2H])c([2H])c%11%10)c([2H])c([2H])c98)c([2H])c([2H])c76)c54)c3[2H])c2[2H])c([2H])c1[2H]. The van der Waals surface area contributed by atoms with Gasteiger partial charge in [0.2, 0.25) is 0 Å². The second-order valence-electron chi connectivity index (χ2n) is 14.0. The second kappa shape index (κ2) is 13.4. The van der Waals surface area contributed by atoms with Crippen molar-refractivity contribution in [3.8, 4) is 39.3 Å². The third-order valence-corrected chi connectivity index (χ3v) is 10.7. The predicted octanol–water partition coefficient (Wildman–Crippen LogP) is 16.2. The maximum atomic E-state index is 10.3. The number of benzene rings is 10. The van der Waals surface area contributed by atoms with E-state index in [1.54, 1.807) is 0 Å². The van der Waals surface area contributed by atoms with Gasteiger partial charge in [-0.15, -0.1) is 0 Å². The van der Waals surface area contributed by atoms with Crippen LogP contribution in [0.5, 0.6) is 0 Å². The highest BCUT2D eigenvalue weighted by atomic mass is 16.3. The van der Waals surface area contributed by atoms with E-state index in [-0.39, 0.29) is 0 Å². The van der Waals surface area contributed by atoms with Crippen LogP contribution in [0.3, 0.4) is 0 Å². The van der Waals surface area contributed by atoms with Gasteiger partial charge in [-0.2, -0.15) is 0 Å². The van der Waals surface area contributed by atoms with Gasteiger partial charge in [-0.25, -0.2) is 0 Å². The minimum atomic E-state index is -1.17. The lowest BCUT2D eigenvalue weighted by molar-refractivity contribution is 0.669. The van der Waals surface area contributed by atoms with Crippen LogP contribution in [0.4, 0.5) is 0 Å². The van der Waals surface area contributed by atoms with Gasteiger partial charge in [0.15, 0.2) is 0 Å². The highest BCUT2D eigenvalue weighted by Crippen LogP contribution is 2.42. The van der Waals surface area contributed by atoms with Gasteiger partial charge < -0.3 is 18.1 Å². The summed E-state index contributed by atoms with van der Waals surface area (Å²) >= 11 is 0. The van der Waals surface area contributed by atoms with Crippen LogP contribution in [-0.2, 0) is 0 Å². The zero-order chi connectivity index (χ0) is 74.1. The Morgan fingerprint density at radius 1 is 0.281 bits per heavy atom. The third-order valence-electron chi connectivity index (χ3n) is 10.7. The van der Waals surface area contributed by atoms with Crippen LogP contribution >= 0.6 is 0 Å². The minimum Gasteiger partial charge on any atom is -0.456 e. The van der Waals surface area contributed by atoms with E-state index in [9.17, 15) is 23.3 Å². The van der Waals surface area contributed by atoms with Crippen molar-refractivity contribution in [1.29, 1.82) is 0 Å². The molecule has 0 unspecified atom stereocenters. The van der Waals surface area contributed by atoms with E-state index in [1.165, 1.54) is 0 Å². The summed E-state index contributed by atoms with van der Waals surface area (Å²) in [5, 5.41) is -5.26. The molecule has 0 N–H and O–H groups in total. The summed E-state index contributed by atoms with van der Waals surface area (Å²) in [7, 11) is 0. The van der Waals surface area contributed by atoms with Crippen LogP contribution in [0.1, 0.15) is 50.7 Å². The van der Waals surface area contributed by atoms with Crippen LogP contribution in [0, 0.1) is 0 Å². The molecule has 0 saturated carbocycles. The van der Waals surface area contributed by atoms with Crippen LogP contribution < -0.4 is 0 Å². The van der Waals surface area contributed by atoms with Crippen molar-refractivity contribution in [2.75, 3.05) is 0 Å². The molecule has 0 amide bonds. The lowest BCUT2D eigenvalue weighted by Gasteiger charge is -2.12. The monoisotopic (exact) mass is 853 g/mol. The summed E-state index contributed by atoms with van der Waals surface area (Å²) in [6.45, 7) is 0. The number of aromatic nitrogens is 3. The van der Waals surface area contributed by atoms with E-state index in [0.29, 0.717) is 4.57 Å². The van der Waals surface area contributed by atoms with Gasteiger partial charge in [-0.3, -0.25) is 0 Å². The smallest absolute Gasteiger partial charge is 0.137 e. The number of fused-ring (bicyclic) bond motifs is 12. The number of nitrogens with zero attached hydrogens (tertiary/aromatic N) is 3. The van der Waals surface area contributed by atoms with Gasteiger partial charge in [0.25, 0.3) is 0 Å². The topological polar surface area (TPSA) is 27.9 Å². The van der Waals surface area contributed by atoms with Crippen molar-refractivity contribution in [2.24, 2.45) is 0 Å². The summed E-state index contributed by atoms with van der Waals surface area (Å²) < 4.78 is 348. The van der Waals surface area contributed by atoms with Crippen molar-refractivity contribution in [2.45, 2.75) is 0 Å². The highest BCUT2D eigenvalue weighted by molar-refractivity contribution is 6.16. The number of hydrogen-bond donors (Lipinski definition) is 0. The Hall–Kier alpha value is -8.60. The van der Waals surface area contributed by atoms with Crippen molar-refractivity contribution in [3.05, 3.63) is 224 Å². The maximum Gasteiger partial charge on any atom is 0.137 e. The van der Waals surface area contributed by atoms with E-state index >= 15 is 0 Å². The van der Waals surface area contributed by atoms with Crippen molar-refractivity contribution < 1.29 is 55.1 Å². The molecule has 4 heterocycles. The number of para-hydroxylation sites is 4. The molecule has 0 aliphatic heterocycles. The normalized spacial score (nSPS) is 20.2. The molecule has 4 heteroatoms. The Balaban J connectivity index is 1.14. The van der Waals surface area contributed by atoms with E-state index in [1.807, 2.05) is 0 Å². The van der Waals surface area contributed by atoms with Gasteiger partial charge in [0, 0.05) is 49.1 Å². The molecule has 0 spiro atoms. The Kier molecular flexibility index (Phi) is 3.10. The van der Waals surface area contributed by atoms with Crippen LogP contribution in [0.15, 0.2) is 228 Å². The first-order valence-electron chi connectivity index (χ1n) is 37.4. The molecule has 0 aliphatic rings. The van der Waals surface area contributed by atoms with E-state index < -0.39 is 350 Å². The predicted molar refractivity (Wildman–Crippen MR) is 268 cm³/mol. The van der Waals surface area contributed by atoms with Crippen molar-refractivity contribution in [1.82, 2.24) is 13.7 Å². The Bertz CT molecular complexity index is 6310. The first-order valence-corrected chi connectivity index (χ1v) is 18.9. The molecule has 0 fully saturated rings. The molecule has 64 heavy (non-hydrogen) atoms. The van der Waals surface area contributed by atoms with Gasteiger partial charge in [-0.1, -0.05) is 133 Å². The number of hydrogen-bond acceptors (Lipinski definition) is 1. The molecule has 0 aliphatic carbocycles. The summed E-state index contributed by atoms with van der Waals surface area (Å²) in [6, 6.07) is -36.4. The summed E-state index contributed by atoms with van der Waals surface area (Å²) in [6.07, 6.45) is 0. The molecule has 14 aromatic rings. The van der Waals surface area contributed by atoms with Crippen LogP contribution in [-0.4, -0.2) is 13.7 Å². The average Bonchev–Trinajstić information content (AvgIpc) is 1.53. The van der Waals surface area contributed by atoms with E-state index in [2.05, 4.69) is 0 Å². The van der Waals surface area contributed by atoms with Gasteiger partial charge >= 0.3 is 0 Å². The fourth-order valence-electron chi connectivity index (χ4n) is 8.02. The largest absolute Gasteiger partial charge is 0.456 e. The molecular weight excluding hydrogens is 779 g/mol. The summed E-state index contributed by atoms with van der Waals surface area (Å²) in [4.78, 5) is 0. The first kappa shape index (κ1) is 14.8. The molecule has 298 valence electrons. The molecule has 0 atom stereocenters. The van der Waals surface area contributed by atoms with Gasteiger partial charge in [0.05, 0.1) is 94.9 Å². The lowest BCUT2D eigenvalue weighted by atomic mass is 9.98. The molecule has 10 aromatic carbocycles. The summed E-state index contributed by atoms with van der Waals surface area (Å²) in [5.41, 5.74) is -11.9. The number of rotatable bonds is 5. The molecule has 0 bridgehead atoms. The molecule has 0 saturated heterocycles. The van der Waals surface area contributed by atoms with Gasteiger partial charge in [0.1, 0.15) is 11.2 Å². The van der Waals surface area contributed by atoms with Gasteiger partial charge in [-0.05, 0) is 113 Å². The lowest BCUT2D eigenvalue weighted by Crippen LogP contribution is -1.97. The van der Waals surface area contributed by atoms with E-state index in [0.717, 1.165) is 9.13 Å². The van der Waals surface area contributed by atoms with Crippen LogP contribution in [0.2, 0.25) is 0 Å². The second-order valence-corrected chi connectivity index (χ2v) is 14.0. The fraction of sp³-hybridized carbons (Fsp3) is 0. The van der Waals surface area contributed by atoms with Crippen molar-refractivity contribution >= 4 is 87.4 Å². The number of furan rings is 1.